The SMILES string of the molecule is O=C(NCCCCS(=O)(=O)O)c1ccc(S)cc1. The smallest absolute Gasteiger partial charge is 0.264 e. The summed E-state index contributed by atoms with van der Waals surface area (Å²) in [4.78, 5) is 12.4. The number of thiol groups is 1. The Hall–Kier alpha value is -1.05. The van der Waals surface area contributed by atoms with Crippen LogP contribution in [0.15, 0.2) is 29.2 Å². The summed E-state index contributed by atoms with van der Waals surface area (Å²) in [6, 6.07) is 6.76. The first-order valence-corrected chi connectivity index (χ1v) is 7.46. The molecule has 0 fully saturated rings. The summed E-state index contributed by atoms with van der Waals surface area (Å²) in [5.74, 6) is -0.493. The molecule has 7 heteroatoms. The molecule has 0 radical (unpaired) electrons. The topological polar surface area (TPSA) is 83.5 Å². The fourth-order valence-electron chi connectivity index (χ4n) is 1.33. The van der Waals surface area contributed by atoms with Crippen molar-refractivity contribution < 1.29 is 17.8 Å². The second-order valence-corrected chi connectivity index (χ2v) is 5.88. The molecule has 0 aliphatic rings. The van der Waals surface area contributed by atoms with Crippen molar-refractivity contribution >= 4 is 28.7 Å². The maximum atomic E-state index is 11.6. The lowest BCUT2D eigenvalue weighted by atomic mass is 10.2. The molecular weight excluding hydrogens is 274 g/mol. The maximum absolute atomic E-state index is 11.6. The van der Waals surface area contributed by atoms with Crippen LogP contribution in [0.3, 0.4) is 0 Å². The molecule has 0 heterocycles. The Morgan fingerprint density at radius 1 is 1.22 bits per heavy atom. The van der Waals surface area contributed by atoms with Crippen molar-refractivity contribution in [3.63, 3.8) is 0 Å². The first-order chi connectivity index (χ1) is 8.38. The number of benzene rings is 1. The Morgan fingerprint density at radius 3 is 2.39 bits per heavy atom. The quantitative estimate of drug-likeness (QED) is 0.419. The first-order valence-electron chi connectivity index (χ1n) is 5.41. The molecule has 18 heavy (non-hydrogen) atoms. The van der Waals surface area contributed by atoms with Crippen molar-refractivity contribution in [1.82, 2.24) is 5.32 Å². The van der Waals surface area contributed by atoms with E-state index in [9.17, 15) is 13.2 Å². The normalized spacial score (nSPS) is 11.2. The molecule has 100 valence electrons. The van der Waals surface area contributed by atoms with E-state index in [0.29, 0.717) is 24.9 Å². The molecule has 0 aliphatic carbocycles. The van der Waals surface area contributed by atoms with Gasteiger partial charge in [0.05, 0.1) is 5.75 Å². The highest BCUT2D eigenvalue weighted by atomic mass is 32.2. The molecule has 0 saturated heterocycles. The van der Waals surface area contributed by atoms with Crippen LogP contribution in [0.5, 0.6) is 0 Å². The summed E-state index contributed by atoms with van der Waals surface area (Å²) in [5, 5.41) is 2.66. The number of rotatable bonds is 6. The Bertz CT molecular complexity index is 496. The fourth-order valence-corrected chi connectivity index (χ4v) is 2.04. The van der Waals surface area contributed by atoms with Gasteiger partial charge in [0.2, 0.25) is 0 Å². The van der Waals surface area contributed by atoms with E-state index in [1.165, 1.54) is 0 Å². The first kappa shape index (κ1) is 15.0. The van der Waals surface area contributed by atoms with Gasteiger partial charge in [-0.2, -0.15) is 8.42 Å². The van der Waals surface area contributed by atoms with E-state index in [1.807, 2.05) is 0 Å². The van der Waals surface area contributed by atoms with Gasteiger partial charge in [0.15, 0.2) is 0 Å². The van der Waals surface area contributed by atoms with E-state index in [4.69, 9.17) is 4.55 Å². The number of carbonyl (C=O) groups excluding carboxylic acids is 1. The number of hydrogen-bond donors (Lipinski definition) is 3. The number of hydrogen-bond acceptors (Lipinski definition) is 4. The Morgan fingerprint density at radius 2 is 1.83 bits per heavy atom. The van der Waals surface area contributed by atoms with Crippen LogP contribution in [-0.4, -0.2) is 31.2 Å². The van der Waals surface area contributed by atoms with Crippen molar-refractivity contribution in [1.29, 1.82) is 0 Å². The fraction of sp³-hybridized carbons (Fsp3) is 0.364. The lowest BCUT2D eigenvalue weighted by molar-refractivity contribution is 0.0953. The third kappa shape index (κ3) is 6.04. The number of carbonyl (C=O) groups is 1. The van der Waals surface area contributed by atoms with Gasteiger partial charge < -0.3 is 5.32 Å². The van der Waals surface area contributed by atoms with E-state index < -0.39 is 10.1 Å². The van der Waals surface area contributed by atoms with Crippen molar-refractivity contribution in [3.8, 4) is 0 Å². The molecule has 0 atom stereocenters. The van der Waals surface area contributed by atoms with Crippen LogP contribution in [0.2, 0.25) is 0 Å². The lowest BCUT2D eigenvalue weighted by Gasteiger charge is -2.04. The van der Waals surface area contributed by atoms with Crippen LogP contribution >= 0.6 is 12.6 Å². The standard InChI is InChI=1S/C11H15NO4S2/c13-11(9-3-5-10(17)6-4-9)12-7-1-2-8-18(14,15)16/h3-6,17H,1-2,7-8H2,(H,12,13)(H,14,15,16). The summed E-state index contributed by atoms with van der Waals surface area (Å²) < 4.78 is 29.4. The van der Waals surface area contributed by atoms with E-state index in [0.717, 1.165) is 4.90 Å². The molecule has 0 spiro atoms. The van der Waals surface area contributed by atoms with Gasteiger partial charge in [-0.05, 0) is 37.1 Å². The van der Waals surface area contributed by atoms with Crippen molar-refractivity contribution in [2.75, 3.05) is 12.3 Å². The van der Waals surface area contributed by atoms with Crippen LogP contribution in [0, 0.1) is 0 Å². The van der Waals surface area contributed by atoms with Gasteiger partial charge in [0.1, 0.15) is 0 Å². The second kappa shape index (κ2) is 6.77. The summed E-state index contributed by atoms with van der Waals surface area (Å²) in [6.45, 7) is 0.372. The molecule has 1 aromatic rings. The number of unbranched alkanes of at least 4 members (excludes halogenated alkanes) is 1. The molecule has 1 aromatic carbocycles. The summed E-state index contributed by atoms with van der Waals surface area (Å²) in [7, 11) is -3.90. The second-order valence-electron chi connectivity index (χ2n) is 3.80. The third-order valence-electron chi connectivity index (χ3n) is 2.24. The summed E-state index contributed by atoms with van der Waals surface area (Å²) in [6.07, 6.45) is 0.810. The molecule has 0 bridgehead atoms. The Labute approximate surface area is 112 Å². The number of nitrogens with one attached hydrogen (secondary N) is 1. The molecule has 1 amide bonds. The number of amides is 1. The van der Waals surface area contributed by atoms with E-state index in [1.54, 1.807) is 24.3 Å². The van der Waals surface area contributed by atoms with Gasteiger partial charge in [0.25, 0.3) is 16.0 Å². The maximum Gasteiger partial charge on any atom is 0.264 e. The molecule has 0 aliphatic heterocycles. The molecule has 0 aromatic heterocycles. The van der Waals surface area contributed by atoms with Gasteiger partial charge in [0, 0.05) is 17.0 Å². The predicted molar refractivity (Wildman–Crippen MR) is 71.7 cm³/mol. The molecule has 0 saturated carbocycles. The highest BCUT2D eigenvalue weighted by Gasteiger charge is 2.06. The molecule has 1 rings (SSSR count). The average molecular weight is 289 g/mol. The van der Waals surface area contributed by atoms with Gasteiger partial charge in [-0.1, -0.05) is 0 Å². The average Bonchev–Trinajstić information content (AvgIpc) is 2.27. The minimum absolute atomic E-state index is 0.213. The Kier molecular flexibility index (Phi) is 5.64. The van der Waals surface area contributed by atoms with Crippen LogP contribution in [-0.2, 0) is 10.1 Å². The molecule has 5 nitrogen and oxygen atoms in total. The van der Waals surface area contributed by atoms with Crippen molar-refractivity contribution in [2.45, 2.75) is 17.7 Å². The van der Waals surface area contributed by atoms with Gasteiger partial charge in [-0.15, -0.1) is 12.6 Å². The zero-order valence-electron chi connectivity index (χ0n) is 9.67. The predicted octanol–water partition coefficient (Wildman–Crippen LogP) is 1.37. The van der Waals surface area contributed by atoms with Gasteiger partial charge >= 0.3 is 0 Å². The molecular formula is C11H15NO4S2. The molecule has 2 N–H and O–H groups in total. The van der Waals surface area contributed by atoms with E-state index in [-0.39, 0.29) is 11.7 Å². The van der Waals surface area contributed by atoms with Crippen LogP contribution < -0.4 is 5.32 Å². The van der Waals surface area contributed by atoms with Crippen LogP contribution in [0.25, 0.3) is 0 Å². The van der Waals surface area contributed by atoms with Crippen LogP contribution in [0.4, 0.5) is 0 Å². The van der Waals surface area contributed by atoms with Crippen molar-refractivity contribution in [3.05, 3.63) is 29.8 Å². The van der Waals surface area contributed by atoms with E-state index >= 15 is 0 Å². The van der Waals surface area contributed by atoms with Gasteiger partial charge in [-0.3, -0.25) is 9.35 Å². The largest absolute Gasteiger partial charge is 0.352 e. The zero-order chi connectivity index (χ0) is 13.6. The highest BCUT2D eigenvalue weighted by molar-refractivity contribution is 7.85. The Balaban J connectivity index is 2.28. The summed E-state index contributed by atoms with van der Waals surface area (Å²) in [5.41, 5.74) is 0.530. The van der Waals surface area contributed by atoms with Crippen molar-refractivity contribution in [2.24, 2.45) is 0 Å². The lowest BCUT2D eigenvalue weighted by Crippen LogP contribution is -2.24. The minimum Gasteiger partial charge on any atom is -0.352 e. The monoisotopic (exact) mass is 289 g/mol. The minimum atomic E-state index is -3.90. The van der Waals surface area contributed by atoms with E-state index in [2.05, 4.69) is 17.9 Å². The van der Waals surface area contributed by atoms with Gasteiger partial charge in [-0.25, -0.2) is 0 Å². The molecule has 0 unspecified atom stereocenters. The summed E-state index contributed by atoms with van der Waals surface area (Å²) >= 11 is 4.11. The highest BCUT2D eigenvalue weighted by Crippen LogP contribution is 2.07. The van der Waals surface area contributed by atoms with Crippen LogP contribution in [0.1, 0.15) is 23.2 Å². The zero-order valence-corrected chi connectivity index (χ0v) is 11.4. The third-order valence-corrected chi connectivity index (χ3v) is 3.35.